The quantitative estimate of drug-likeness (QED) is 0.803. The molecular weight excluding hydrogens is 184 g/mol. The summed E-state index contributed by atoms with van der Waals surface area (Å²) in [5, 5.41) is 4.23. The Morgan fingerprint density at radius 3 is 3.00 bits per heavy atom. The number of nitrogens with zero attached hydrogens (tertiary/aromatic N) is 1. The third kappa shape index (κ3) is 2.20. The maximum Gasteiger partial charge on any atom is 0.0634 e. The van der Waals surface area contributed by atoms with E-state index < -0.39 is 0 Å². The first-order valence-electron chi connectivity index (χ1n) is 4.53. The van der Waals surface area contributed by atoms with E-state index in [4.69, 9.17) is 11.6 Å². The molecule has 0 saturated heterocycles. The number of hydrogen-bond donors (Lipinski definition) is 1. The van der Waals surface area contributed by atoms with Gasteiger partial charge in [0.2, 0.25) is 0 Å². The van der Waals surface area contributed by atoms with Crippen LogP contribution in [-0.2, 0) is 6.54 Å². The summed E-state index contributed by atoms with van der Waals surface area (Å²) in [6.07, 6.45) is 6.01. The first kappa shape index (κ1) is 8.97. The normalized spacial score (nSPS) is 18.6. The summed E-state index contributed by atoms with van der Waals surface area (Å²) >= 11 is 5.97. The van der Waals surface area contributed by atoms with E-state index in [0.29, 0.717) is 5.54 Å². The third-order valence-electron chi connectivity index (χ3n) is 2.56. The Bertz CT molecular complexity index is 308. The first-order valence-corrected chi connectivity index (χ1v) is 4.91. The van der Waals surface area contributed by atoms with Crippen molar-refractivity contribution in [2.45, 2.75) is 31.8 Å². The molecule has 0 aromatic carbocycles. The van der Waals surface area contributed by atoms with Crippen LogP contribution in [0.1, 0.15) is 25.3 Å². The molecule has 1 aliphatic carbocycles. The molecule has 0 spiro atoms. The van der Waals surface area contributed by atoms with Gasteiger partial charge in [-0.25, -0.2) is 0 Å². The molecule has 1 aromatic heterocycles. The van der Waals surface area contributed by atoms with Crippen LogP contribution in [0.5, 0.6) is 0 Å². The predicted octanol–water partition coefficient (Wildman–Crippen LogP) is 2.38. The summed E-state index contributed by atoms with van der Waals surface area (Å²) in [6.45, 7) is 3.08. The number of aromatic nitrogens is 1. The second-order valence-corrected chi connectivity index (χ2v) is 4.29. The molecule has 3 heteroatoms. The Balaban J connectivity index is 1.97. The lowest BCUT2D eigenvalue weighted by molar-refractivity contribution is 0.537. The monoisotopic (exact) mass is 196 g/mol. The van der Waals surface area contributed by atoms with Gasteiger partial charge in [0.15, 0.2) is 0 Å². The predicted molar refractivity (Wildman–Crippen MR) is 53.7 cm³/mol. The summed E-state index contributed by atoms with van der Waals surface area (Å²) in [6, 6.07) is 1.96. The molecule has 0 amide bonds. The molecule has 0 atom stereocenters. The maximum atomic E-state index is 5.97. The lowest BCUT2D eigenvalue weighted by Crippen LogP contribution is -2.27. The van der Waals surface area contributed by atoms with Crippen LogP contribution in [-0.4, -0.2) is 10.5 Å². The molecule has 1 N–H and O–H groups in total. The minimum Gasteiger partial charge on any atom is -0.307 e. The summed E-state index contributed by atoms with van der Waals surface area (Å²) in [4.78, 5) is 3.95. The minimum absolute atomic E-state index is 0.368. The molecule has 0 unspecified atom stereocenters. The largest absolute Gasteiger partial charge is 0.307 e. The van der Waals surface area contributed by atoms with Gasteiger partial charge in [0.1, 0.15) is 0 Å². The Labute approximate surface area is 83.3 Å². The van der Waals surface area contributed by atoms with Crippen molar-refractivity contribution in [2.24, 2.45) is 0 Å². The number of rotatable bonds is 3. The smallest absolute Gasteiger partial charge is 0.0634 e. The summed E-state index contributed by atoms with van der Waals surface area (Å²) in [5.41, 5.74) is 1.50. The van der Waals surface area contributed by atoms with E-state index in [-0.39, 0.29) is 0 Å². The highest BCUT2D eigenvalue weighted by molar-refractivity contribution is 6.31. The van der Waals surface area contributed by atoms with Crippen molar-refractivity contribution in [3.63, 3.8) is 0 Å². The molecule has 1 fully saturated rings. The molecular formula is C10H13ClN2. The van der Waals surface area contributed by atoms with Crippen molar-refractivity contribution in [3.8, 4) is 0 Å². The first-order chi connectivity index (χ1) is 6.20. The second kappa shape index (κ2) is 3.28. The summed E-state index contributed by atoms with van der Waals surface area (Å²) < 4.78 is 0. The molecule has 0 aliphatic heterocycles. The van der Waals surface area contributed by atoms with Gasteiger partial charge in [-0.15, -0.1) is 0 Å². The zero-order chi connectivity index (χ0) is 9.31. The van der Waals surface area contributed by atoms with Crippen LogP contribution in [0, 0.1) is 0 Å². The van der Waals surface area contributed by atoms with Crippen LogP contribution in [0.15, 0.2) is 18.5 Å². The van der Waals surface area contributed by atoms with Gasteiger partial charge in [-0.1, -0.05) is 11.6 Å². The Kier molecular flexibility index (Phi) is 2.26. The molecule has 0 bridgehead atoms. The number of hydrogen-bond acceptors (Lipinski definition) is 2. The molecule has 1 saturated carbocycles. The van der Waals surface area contributed by atoms with Crippen LogP contribution in [0.2, 0.25) is 5.02 Å². The lowest BCUT2D eigenvalue weighted by Gasteiger charge is -2.11. The van der Waals surface area contributed by atoms with Crippen molar-refractivity contribution in [1.82, 2.24) is 10.3 Å². The van der Waals surface area contributed by atoms with Crippen LogP contribution < -0.4 is 5.32 Å². The molecule has 1 aliphatic rings. The fourth-order valence-electron chi connectivity index (χ4n) is 1.22. The highest BCUT2D eigenvalue weighted by atomic mass is 35.5. The van der Waals surface area contributed by atoms with Gasteiger partial charge in [-0.05, 0) is 31.4 Å². The van der Waals surface area contributed by atoms with Crippen molar-refractivity contribution in [2.75, 3.05) is 0 Å². The molecule has 1 heterocycles. The fraction of sp³-hybridized carbons (Fsp3) is 0.500. The SMILES string of the molecule is CC1(NCc2ccncc2Cl)CC1. The van der Waals surface area contributed by atoms with E-state index in [1.54, 1.807) is 12.4 Å². The molecule has 0 radical (unpaired) electrons. The summed E-state index contributed by atoms with van der Waals surface area (Å²) in [7, 11) is 0. The number of pyridine rings is 1. The molecule has 1 aromatic rings. The average Bonchev–Trinajstić information content (AvgIpc) is 2.83. The summed E-state index contributed by atoms with van der Waals surface area (Å²) in [5.74, 6) is 0. The van der Waals surface area contributed by atoms with Gasteiger partial charge >= 0.3 is 0 Å². The number of halogens is 1. The average molecular weight is 197 g/mol. The molecule has 70 valence electrons. The van der Waals surface area contributed by atoms with Gasteiger partial charge in [0.05, 0.1) is 5.02 Å². The Hall–Kier alpha value is -0.600. The van der Waals surface area contributed by atoms with Crippen LogP contribution in [0.3, 0.4) is 0 Å². The van der Waals surface area contributed by atoms with Crippen molar-refractivity contribution >= 4 is 11.6 Å². The van der Waals surface area contributed by atoms with Gasteiger partial charge in [0.25, 0.3) is 0 Å². The van der Waals surface area contributed by atoms with E-state index in [9.17, 15) is 0 Å². The van der Waals surface area contributed by atoms with E-state index in [1.165, 1.54) is 12.8 Å². The standard InChI is InChI=1S/C10H13ClN2/c1-10(3-4-10)13-6-8-2-5-12-7-9(8)11/h2,5,7,13H,3-4,6H2,1H3. The van der Waals surface area contributed by atoms with Gasteiger partial charge < -0.3 is 5.32 Å². The van der Waals surface area contributed by atoms with Crippen molar-refractivity contribution in [1.29, 1.82) is 0 Å². The van der Waals surface area contributed by atoms with Gasteiger partial charge in [0, 0.05) is 24.5 Å². The zero-order valence-electron chi connectivity index (χ0n) is 7.68. The van der Waals surface area contributed by atoms with Crippen LogP contribution in [0.25, 0.3) is 0 Å². The molecule has 2 nitrogen and oxygen atoms in total. The fourth-order valence-corrected chi connectivity index (χ4v) is 1.41. The Morgan fingerprint density at radius 1 is 1.62 bits per heavy atom. The third-order valence-corrected chi connectivity index (χ3v) is 2.90. The number of nitrogens with one attached hydrogen (secondary N) is 1. The van der Waals surface area contributed by atoms with Crippen molar-refractivity contribution in [3.05, 3.63) is 29.0 Å². The van der Waals surface area contributed by atoms with Gasteiger partial charge in [-0.3, -0.25) is 4.98 Å². The Morgan fingerprint density at radius 2 is 2.38 bits per heavy atom. The van der Waals surface area contributed by atoms with Crippen LogP contribution >= 0.6 is 11.6 Å². The van der Waals surface area contributed by atoms with E-state index in [2.05, 4.69) is 17.2 Å². The highest BCUT2D eigenvalue weighted by Crippen LogP contribution is 2.34. The highest BCUT2D eigenvalue weighted by Gasteiger charge is 2.36. The minimum atomic E-state index is 0.368. The van der Waals surface area contributed by atoms with Crippen LogP contribution in [0.4, 0.5) is 0 Å². The lowest BCUT2D eigenvalue weighted by atomic mass is 10.2. The molecule has 13 heavy (non-hydrogen) atoms. The van der Waals surface area contributed by atoms with Crippen molar-refractivity contribution < 1.29 is 0 Å². The zero-order valence-corrected chi connectivity index (χ0v) is 8.43. The van der Waals surface area contributed by atoms with E-state index in [1.807, 2.05) is 6.07 Å². The maximum absolute atomic E-state index is 5.97. The van der Waals surface area contributed by atoms with E-state index in [0.717, 1.165) is 17.1 Å². The van der Waals surface area contributed by atoms with Gasteiger partial charge in [-0.2, -0.15) is 0 Å². The van der Waals surface area contributed by atoms with E-state index >= 15 is 0 Å². The molecule has 2 rings (SSSR count). The second-order valence-electron chi connectivity index (χ2n) is 3.88. The topological polar surface area (TPSA) is 24.9 Å².